The molecule has 0 amide bonds. The third-order valence-electron chi connectivity index (χ3n) is 6.07. The summed E-state index contributed by atoms with van der Waals surface area (Å²) in [6.07, 6.45) is 13.9. The fourth-order valence-corrected chi connectivity index (χ4v) is 20.2. The summed E-state index contributed by atoms with van der Waals surface area (Å²) >= 11 is -2.67. The Labute approximate surface area is 179 Å². The molecule has 0 radical (unpaired) electrons. The van der Waals surface area contributed by atoms with E-state index in [1.165, 1.54) is 55.5 Å². The van der Waals surface area contributed by atoms with Crippen LogP contribution in [0.5, 0.6) is 5.75 Å². The van der Waals surface area contributed by atoms with Crippen molar-refractivity contribution in [3.05, 3.63) is 42.9 Å². The molecule has 0 fully saturated rings. The second-order valence-electron chi connectivity index (χ2n) is 8.27. The Hall–Kier alpha value is -1.56. The van der Waals surface area contributed by atoms with Gasteiger partial charge in [-0.2, -0.15) is 0 Å². The number of benzene rings is 1. The van der Waals surface area contributed by atoms with E-state index in [1.54, 1.807) is 12.1 Å². The molecule has 0 aliphatic rings. The van der Waals surface area contributed by atoms with Crippen molar-refractivity contribution in [2.24, 2.45) is 0 Å². The van der Waals surface area contributed by atoms with E-state index in [1.807, 2.05) is 24.5 Å². The van der Waals surface area contributed by atoms with Crippen molar-refractivity contribution in [1.29, 1.82) is 0 Å². The fraction of sp³-hybridized carbons (Fsp3) is 0.500. The quantitative estimate of drug-likeness (QED) is 0.321. The second kappa shape index (κ2) is 10.5. The first-order chi connectivity index (χ1) is 14.1. The van der Waals surface area contributed by atoms with Crippen LogP contribution in [0.4, 0.5) is 0 Å². The van der Waals surface area contributed by atoms with Crippen molar-refractivity contribution in [2.75, 3.05) is 0 Å². The van der Waals surface area contributed by atoms with Crippen LogP contribution in [-0.2, 0) is 0 Å². The number of imidazole rings is 1. The summed E-state index contributed by atoms with van der Waals surface area (Å²) in [5.41, 5.74) is 3.07. The predicted molar refractivity (Wildman–Crippen MR) is 125 cm³/mol. The third-order valence-corrected chi connectivity index (χ3v) is 21.2. The van der Waals surface area contributed by atoms with Crippen LogP contribution in [0.2, 0.25) is 13.3 Å². The van der Waals surface area contributed by atoms with Crippen LogP contribution in [0.15, 0.2) is 42.9 Å². The molecule has 5 heteroatoms. The summed E-state index contributed by atoms with van der Waals surface area (Å²) in [6, 6.07) is 7.33. The summed E-state index contributed by atoms with van der Waals surface area (Å²) in [5.74, 6) is 0.286. The number of phenolic OH excluding ortho intramolecular Hbond substituents is 1. The first-order valence-electron chi connectivity index (χ1n) is 11.3. The Kier molecular flexibility index (Phi) is 7.98. The fourth-order valence-electron chi connectivity index (χ4n) is 4.34. The standard InChI is InChI=1S/C12H8N3O.3C4H9.Sn/c16-10-3-1-9(2-4-10)11-8-15-6-5-13-7-12(15)14-11;3*1-3-4-2;/h1-6,8,16H;3*1,3-4H2,2H3;. The van der Waals surface area contributed by atoms with E-state index in [4.69, 9.17) is 9.97 Å². The molecule has 4 nitrogen and oxygen atoms in total. The zero-order chi connectivity index (χ0) is 20.7. The Balaban J connectivity index is 2.10. The van der Waals surface area contributed by atoms with Gasteiger partial charge < -0.3 is 0 Å². The average Bonchev–Trinajstić information content (AvgIpc) is 3.18. The molecule has 0 bridgehead atoms. The van der Waals surface area contributed by atoms with Gasteiger partial charge in [0.2, 0.25) is 0 Å². The molecule has 156 valence electrons. The molecule has 1 aromatic carbocycles. The summed E-state index contributed by atoms with van der Waals surface area (Å²) in [6.45, 7) is 6.92. The maximum atomic E-state index is 9.61. The Morgan fingerprint density at radius 1 is 0.897 bits per heavy atom. The van der Waals surface area contributed by atoms with Crippen molar-refractivity contribution in [3.63, 3.8) is 0 Å². The first kappa shape index (κ1) is 22.1. The van der Waals surface area contributed by atoms with Crippen LogP contribution in [0.1, 0.15) is 59.3 Å². The van der Waals surface area contributed by atoms with E-state index >= 15 is 0 Å². The molecule has 0 aliphatic carbocycles. The molecule has 3 rings (SSSR count). The van der Waals surface area contributed by atoms with Crippen molar-refractivity contribution >= 4 is 27.7 Å². The number of nitrogens with zero attached hydrogens (tertiary/aromatic N) is 3. The van der Waals surface area contributed by atoms with Crippen molar-refractivity contribution < 1.29 is 5.11 Å². The maximum absolute atomic E-state index is 9.61. The van der Waals surface area contributed by atoms with Gasteiger partial charge in [-0.15, -0.1) is 0 Å². The van der Waals surface area contributed by atoms with Gasteiger partial charge >= 0.3 is 180 Å². The van der Waals surface area contributed by atoms with Gasteiger partial charge in [0, 0.05) is 0 Å². The van der Waals surface area contributed by atoms with Crippen LogP contribution in [-0.4, -0.2) is 37.9 Å². The van der Waals surface area contributed by atoms with Gasteiger partial charge in [0.25, 0.3) is 0 Å². The van der Waals surface area contributed by atoms with Crippen molar-refractivity contribution in [1.82, 2.24) is 14.4 Å². The molecule has 0 aliphatic heterocycles. The molecule has 0 saturated heterocycles. The molecule has 2 aromatic heterocycles. The molecule has 2 heterocycles. The van der Waals surface area contributed by atoms with Gasteiger partial charge in [0.05, 0.1) is 0 Å². The number of hydrogen-bond acceptors (Lipinski definition) is 3. The van der Waals surface area contributed by atoms with Gasteiger partial charge in [-0.3, -0.25) is 0 Å². The number of phenols is 1. The van der Waals surface area contributed by atoms with E-state index in [9.17, 15) is 5.11 Å². The normalized spacial score (nSPS) is 12.0. The minimum absolute atomic E-state index is 0.286. The molecule has 3 aromatic rings. The van der Waals surface area contributed by atoms with Crippen LogP contribution >= 0.6 is 0 Å². The monoisotopic (exact) mass is 501 g/mol. The molecule has 0 unspecified atom stereocenters. The molecule has 0 atom stereocenters. The average molecular weight is 500 g/mol. The number of unbranched alkanes of at least 4 members (excludes halogenated alkanes) is 3. The zero-order valence-electron chi connectivity index (χ0n) is 18.2. The van der Waals surface area contributed by atoms with E-state index < -0.39 is 18.4 Å². The van der Waals surface area contributed by atoms with Crippen LogP contribution in [0, 0.1) is 0 Å². The molecular weight excluding hydrogens is 465 g/mol. The number of rotatable bonds is 11. The Morgan fingerprint density at radius 2 is 1.48 bits per heavy atom. The van der Waals surface area contributed by atoms with Crippen LogP contribution in [0.25, 0.3) is 16.9 Å². The molecular formula is C24H35N3OSn. The molecule has 0 spiro atoms. The van der Waals surface area contributed by atoms with Gasteiger partial charge in [0.1, 0.15) is 0 Å². The zero-order valence-corrected chi connectivity index (χ0v) is 21.0. The van der Waals surface area contributed by atoms with Gasteiger partial charge in [-0.05, 0) is 0 Å². The molecule has 29 heavy (non-hydrogen) atoms. The first-order valence-corrected chi connectivity index (χ1v) is 18.7. The SMILES string of the molecule is CCC[CH2][Sn]([CH2]CCC)([CH2]CCC)[c]1nccn2cc(-c3ccc(O)cc3)nc12. The van der Waals surface area contributed by atoms with Crippen molar-refractivity contribution in [3.8, 4) is 17.0 Å². The summed E-state index contributed by atoms with van der Waals surface area (Å²) in [7, 11) is 0. The Morgan fingerprint density at radius 3 is 2.03 bits per heavy atom. The summed E-state index contributed by atoms with van der Waals surface area (Å²) in [4.78, 5) is 10.1. The molecule has 1 N–H and O–H groups in total. The third kappa shape index (κ3) is 5.14. The number of aromatic hydroxyl groups is 1. The second-order valence-corrected chi connectivity index (χ2v) is 21.2. The van der Waals surface area contributed by atoms with Crippen LogP contribution in [0.3, 0.4) is 0 Å². The van der Waals surface area contributed by atoms with E-state index in [-0.39, 0.29) is 5.75 Å². The summed E-state index contributed by atoms with van der Waals surface area (Å²) in [5, 5.41) is 9.61. The van der Waals surface area contributed by atoms with E-state index in [0.717, 1.165) is 16.9 Å². The van der Waals surface area contributed by atoms with Gasteiger partial charge in [-0.25, -0.2) is 0 Å². The number of hydrogen-bond donors (Lipinski definition) is 1. The summed E-state index contributed by atoms with van der Waals surface area (Å²) < 4.78 is 7.72. The minimum atomic E-state index is -2.67. The number of fused-ring (bicyclic) bond motifs is 1. The molecule has 0 saturated carbocycles. The van der Waals surface area contributed by atoms with Crippen LogP contribution < -0.4 is 3.71 Å². The van der Waals surface area contributed by atoms with Gasteiger partial charge in [-0.1, -0.05) is 0 Å². The van der Waals surface area contributed by atoms with E-state index in [2.05, 4.69) is 31.4 Å². The van der Waals surface area contributed by atoms with Gasteiger partial charge in [0.15, 0.2) is 0 Å². The topological polar surface area (TPSA) is 50.4 Å². The van der Waals surface area contributed by atoms with Crippen molar-refractivity contribution in [2.45, 2.75) is 72.6 Å². The Bertz CT molecular complexity index is 882. The predicted octanol–water partition coefficient (Wildman–Crippen LogP) is 6.16. The number of aromatic nitrogens is 3. The van der Waals surface area contributed by atoms with E-state index in [0.29, 0.717) is 0 Å².